The lowest BCUT2D eigenvalue weighted by Gasteiger charge is -2.28. The van der Waals surface area contributed by atoms with Crippen LogP contribution < -0.4 is 0 Å². The second-order valence-corrected chi connectivity index (χ2v) is 4.32. The lowest BCUT2D eigenvalue weighted by atomic mass is 9.76. The summed E-state index contributed by atoms with van der Waals surface area (Å²) in [7, 11) is 0. The van der Waals surface area contributed by atoms with Crippen LogP contribution in [0.5, 0.6) is 0 Å². The van der Waals surface area contributed by atoms with Gasteiger partial charge in [0.05, 0.1) is 0 Å². The molecule has 120 valence electrons. The number of allylic oxidation sites excluding steroid dienone is 10. The first-order valence-corrected chi connectivity index (χ1v) is 7.96. The molecular formula is C21H36. The Morgan fingerprint density at radius 3 is 1.71 bits per heavy atom. The SMILES string of the molecule is C=C/C=C\C(=C/C)C(C)(C)/C(C=C)=C/C=C\C.CC.CC. The van der Waals surface area contributed by atoms with Crippen molar-refractivity contribution in [3.05, 3.63) is 72.9 Å². The third-order valence-corrected chi connectivity index (χ3v) is 2.85. The van der Waals surface area contributed by atoms with E-state index >= 15 is 0 Å². The van der Waals surface area contributed by atoms with Crippen molar-refractivity contribution < 1.29 is 0 Å². The normalized spacial score (nSPS) is 12.4. The summed E-state index contributed by atoms with van der Waals surface area (Å²) < 4.78 is 0. The Balaban J connectivity index is -0.000000739. The van der Waals surface area contributed by atoms with E-state index in [4.69, 9.17) is 0 Å². The molecule has 0 aliphatic carbocycles. The highest BCUT2D eigenvalue weighted by atomic mass is 14.3. The van der Waals surface area contributed by atoms with Crippen LogP contribution in [-0.4, -0.2) is 0 Å². The molecule has 0 spiro atoms. The molecule has 0 radical (unpaired) electrons. The summed E-state index contributed by atoms with van der Waals surface area (Å²) >= 11 is 0. The molecular weight excluding hydrogens is 252 g/mol. The number of hydrogen-bond donors (Lipinski definition) is 0. The first-order valence-electron chi connectivity index (χ1n) is 7.96. The summed E-state index contributed by atoms with van der Waals surface area (Å²) in [6.45, 7) is 24.1. The first-order chi connectivity index (χ1) is 10.0. The van der Waals surface area contributed by atoms with E-state index in [1.807, 2.05) is 58.9 Å². The fraction of sp³-hybridized carbons (Fsp3) is 0.429. The molecule has 0 heterocycles. The number of hydrogen-bond acceptors (Lipinski definition) is 0. The van der Waals surface area contributed by atoms with Crippen LogP contribution in [0.2, 0.25) is 0 Å². The Morgan fingerprint density at radius 1 is 0.857 bits per heavy atom. The van der Waals surface area contributed by atoms with Crippen LogP contribution in [0.25, 0.3) is 0 Å². The van der Waals surface area contributed by atoms with Crippen LogP contribution in [0, 0.1) is 5.41 Å². The van der Waals surface area contributed by atoms with Gasteiger partial charge >= 0.3 is 0 Å². The highest BCUT2D eigenvalue weighted by Crippen LogP contribution is 2.36. The van der Waals surface area contributed by atoms with Gasteiger partial charge in [0.25, 0.3) is 0 Å². The van der Waals surface area contributed by atoms with E-state index in [-0.39, 0.29) is 5.41 Å². The van der Waals surface area contributed by atoms with Gasteiger partial charge in [-0.1, -0.05) is 103 Å². The van der Waals surface area contributed by atoms with Gasteiger partial charge in [-0.05, 0) is 25.0 Å². The summed E-state index contributed by atoms with van der Waals surface area (Å²) in [5, 5.41) is 0. The van der Waals surface area contributed by atoms with Crippen LogP contribution in [-0.2, 0) is 0 Å². The van der Waals surface area contributed by atoms with Crippen molar-refractivity contribution in [2.75, 3.05) is 0 Å². The molecule has 0 fully saturated rings. The van der Waals surface area contributed by atoms with E-state index < -0.39 is 0 Å². The predicted octanol–water partition coefficient (Wildman–Crippen LogP) is 7.44. The summed E-state index contributed by atoms with van der Waals surface area (Å²) in [5.41, 5.74) is 2.42. The molecule has 0 aromatic rings. The molecule has 0 aliphatic rings. The van der Waals surface area contributed by atoms with Gasteiger partial charge < -0.3 is 0 Å². The van der Waals surface area contributed by atoms with Crippen molar-refractivity contribution in [2.45, 2.75) is 55.4 Å². The third kappa shape index (κ3) is 9.90. The van der Waals surface area contributed by atoms with E-state index in [2.05, 4.69) is 52.2 Å². The van der Waals surface area contributed by atoms with Crippen LogP contribution in [0.1, 0.15) is 55.4 Å². The van der Waals surface area contributed by atoms with Gasteiger partial charge in [0.15, 0.2) is 0 Å². The number of rotatable bonds is 6. The van der Waals surface area contributed by atoms with Gasteiger partial charge in [0.1, 0.15) is 0 Å². The fourth-order valence-corrected chi connectivity index (χ4v) is 1.74. The monoisotopic (exact) mass is 288 g/mol. The average molecular weight is 289 g/mol. The van der Waals surface area contributed by atoms with Crippen LogP contribution >= 0.6 is 0 Å². The van der Waals surface area contributed by atoms with Crippen molar-refractivity contribution in [3.8, 4) is 0 Å². The maximum absolute atomic E-state index is 3.90. The molecule has 0 saturated carbocycles. The van der Waals surface area contributed by atoms with Crippen LogP contribution in [0.3, 0.4) is 0 Å². The average Bonchev–Trinajstić information content (AvgIpc) is 2.52. The standard InChI is InChI=1S/C17H24.2C2H6/c1-7-11-13-15(9-3)17(5,6)16(10-4)14-12-8-2;2*1-2/h7-14H,1,4H2,2-3,5-6H3;2*1-2H3/b12-8-,13-11-,15-9+,16-14+;;. The summed E-state index contributed by atoms with van der Waals surface area (Å²) in [5.74, 6) is 0. The molecule has 0 aliphatic heterocycles. The zero-order chi connectivity index (χ0) is 17.3. The summed E-state index contributed by atoms with van der Waals surface area (Å²) in [6, 6.07) is 0. The molecule has 0 amide bonds. The smallest absolute Gasteiger partial charge is 0.0143 e. The van der Waals surface area contributed by atoms with Gasteiger partial charge in [0, 0.05) is 5.41 Å². The van der Waals surface area contributed by atoms with Crippen molar-refractivity contribution in [1.82, 2.24) is 0 Å². The van der Waals surface area contributed by atoms with Crippen molar-refractivity contribution in [2.24, 2.45) is 5.41 Å². The molecule has 0 unspecified atom stereocenters. The van der Waals surface area contributed by atoms with Gasteiger partial charge in [-0.15, -0.1) is 0 Å². The topological polar surface area (TPSA) is 0 Å². The molecule has 0 rings (SSSR count). The van der Waals surface area contributed by atoms with Crippen molar-refractivity contribution in [1.29, 1.82) is 0 Å². The van der Waals surface area contributed by atoms with Gasteiger partial charge in [-0.2, -0.15) is 0 Å². The summed E-state index contributed by atoms with van der Waals surface area (Å²) in [4.78, 5) is 0. The molecule has 0 nitrogen and oxygen atoms in total. The molecule has 0 aromatic carbocycles. The Morgan fingerprint density at radius 2 is 1.38 bits per heavy atom. The summed E-state index contributed by atoms with van der Waals surface area (Å²) in [6.07, 6.45) is 16.1. The lowest BCUT2D eigenvalue weighted by molar-refractivity contribution is 0.565. The van der Waals surface area contributed by atoms with E-state index in [9.17, 15) is 0 Å². The Bertz CT molecular complexity index is 371. The fourth-order valence-electron chi connectivity index (χ4n) is 1.74. The molecule has 0 heteroatoms. The molecule has 0 atom stereocenters. The Labute approximate surface area is 134 Å². The second-order valence-electron chi connectivity index (χ2n) is 4.32. The highest BCUT2D eigenvalue weighted by Gasteiger charge is 2.23. The first kappa shape index (κ1) is 24.5. The molecule has 21 heavy (non-hydrogen) atoms. The largest absolute Gasteiger partial charge is 0.0991 e. The minimum Gasteiger partial charge on any atom is -0.0991 e. The Hall–Kier alpha value is -1.56. The zero-order valence-corrected chi connectivity index (χ0v) is 15.5. The van der Waals surface area contributed by atoms with Crippen LogP contribution in [0.15, 0.2) is 72.9 Å². The quantitative estimate of drug-likeness (QED) is 0.445. The van der Waals surface area contributed by atoms with Crippen molar-refractivity contribution in [3.63, 3.8) is 0 Å². The predicted molar refractivity (Wildman–Crippen MR) is 103 cm³/mol. The third-order valence-electron chi connectivity index (χ3n) is 2.85. The Kier molecular flexibility index (Phi) is 19.2. The van der Waals surface area contributed by atoms with Gasteiger partial charge in [-0.3, -0.25) is 0 Å². The van der Waals surface area contributed by atoms with Crippen molar-refractivity contribution >= 4 is 0 Å². The van der Waals surface area contributed by atoms with Gasteiger partial charge in [0.2, 0.25) is 0 Å². The van der Waals surface area contributed by atoms with E-state index in [1.165, 1.54) is 11.1 Å². The molecule has 0 N–H and O–H groups in total. The zero-order valence-electron chi connectivity index (χ0n) is 15.5. The maximum atomic E-state index is 3.90. The molecule has 0 saturated heterocycles. The minimum absolute atomic E-state index is 0.0461. The second kappa shape index (κ2) is 16.5. The van der Waals surface area contributed by atoms with E-state index in [0.717, 1.165) is 0 Å². The maximum Gasteiger partial charge on any atom is 0.0143 e. The molecule has 0 bridgehead atoms. The molecule has 0 aromatic heterocycles. The van der Waals surface area contributed by atoms with Crippen LogP contribution in [0.4, 0.5) is 0 Å². The van der Waals surface area contributed by atoms with Gasteiger partial charge in [-0.25, -0.2) is 0 Å². The van der Waals surface area contributed by atoms with E-state index in [1.54, 1.807) is 6.08 Å². The highest BCUT2D eigenvalue weighted by molar-refractivity contribution is 5.41. The van der Waals surface area contributed by atoms with E-state index in [0.29, 0.717) is 0 Å². The lowest BCUT2D eigenvalue weighted by Crippen LogP contribution is -2.15. The minimum atomic E-state index is -0.0461.